The third-order valence-electron chi connectivity index (χ3n) is 3.72. The van der Waals surface area contributed by atoms with Crippen LogP contribution in [0.15, 0.2) is 41.8 Å². The van der Waals surface area contributed by atoms with Gasteiger partial charge in [-0.3, -0.25) is 4.79 Å². The van der Waals surface area contributed by atoms with E-state index in [-0.39, 0.29) is 12.0 Å². The maximum Gasteiger partial charge on any atom is 0.261 e. The normalized spacial score (nSPS) is 21.2. The number of amides is 1. The first-order valence-corrected chi connectivity index (χ1v) is 7.71. The molecule has 4 heteroatoms. The molecule has 0 saturated heterocycles. The Hall–Kier alpha value is -1.65. The van der Waals surface area contributed by atoms with Crippen LogP contribution in [0.5, 0.6) is 0 Å². The lowest BCUT2D eigenvalue weighted by Gasteiger charge is -2.31. The lowest BCUT2D eigenvalue weighted by Crippen LogP contribution is -2.38. The Kier molecular flexibility index (Phi) is 3.85. The van der Waals surface area contributed by atoms with E-state index in [2.05, 4.69) is 5.32 Å². The smallest absolute Gasteiger partial charge is 0.261 e. The first-order valence-electron chi connectivity index (χ1n) is 6.83. The minimum Gasteiger partial charge on any atom is -0.393 e. The Balaban J connectivity index is 1.68. The molecule has 2 aromatic rings. The van der Waals surface area contributed by atoms with Crippen LogP contribution in [0.3, 0.4) is 0 Å². The molecule has 0 bridgehead atoms. The molecule has 1 amide bonds. The quantitative estimate of drug-likeness (QED) is 0.908. The van der Waals surface area contributed by atoms with Crippen LogP contribution in [0.2, 0.25) is 0 Å². The van der Waals surface area contributed by atoms with E-state index in [9.17, 15) is 9.90 Å². The highest BCUT2D eigenvalue weighted by Crippen LogP contribution is 2.29. The molecule has 1 saturated carbocycles. The molecule has 2 N–H and O–H groups in total. The molecule has 0 spiro atoms. The predicted octanol–water partition coefficient (Wildman–Crippen LogP) is 2.92. The number of thiophene rings is 1. The monoisotopic (exact) mass is 287 g/mol. The van der Waals surface area contributed by atoms with Gasteiger partial charge in [0.15, 0.2) is 0 Å². The summed E-state index contributed by atoms with van der Waals surface area (Å²) < 4.78 is 0. The van der Waals surface area contributed by atoms with Crippen LogP contribution < -0.4 is 5.32 Å². The summed E-state index contributed by atoms with van der Waals surface area (Å²) in [7, 11) is 0. The van der Waals surface area contributed by atoms with Crippen molar-refractivity contribution < 1.29 is 9.90 Å². The van der Waals surface area contributed by atoms with Gasteiger partial charge < -0.3 is 10.4 Å². The SMILES string of the molecule is O=C(NCC1CC(O)C1)c1sccc1-c1ccccc1. The van der Waals surface area contributed by atoms with Gasteiger partial charge in [-0.2, -0.15) is 0 Å². The molecular weight excluding hydrogens is 270 g/mol. The van der Waals surface area contributed by atoms with Crippen molar-refractivity contribution in [3.8, 4) is 11.1 Å². The zero-order valence-electron chi connectivity index (χ0n) is 11.1. The van der Waals surface area contributed by atoms with Gasteiger partial charge in [-0.1, -0.05) is 30.3 Å². The highest BCUT2D eigenvalue weighted by atomic mass is 32.1. The maximum absolute atomic E-state index is 12.3. The molecule has 1 aromatic heterocycles. The highest BCUT2D eigenvalue weighted by molar-refractivity contribution is 7.12. The Morgan fingerprint density at radius 1 is 1.25 bits per heavy atom. The van der Waals surface area contributed by atoms with Gasteiger partial charge >= 0.3 is 0 Å². The molecule has 1 heterocycles. The van der Waals surface area contributed by atoms with Gasteiger partial charge in [0.25, 0.3) is 5.91 Å². The van der Waals surface area contributed by atoms with Gasteiger partial charge in [0.2, 0.25) is 0 Å². The van der Waals surface area contributed by atoms with Crippen LogP contribution in [-0.2, 0) is 0 Å². The Labute approximate surface area is 122 Å². The number of aliphatic hydroxyl groups is 1. The first kappa shape index (κ1) is 13.3. The van der Waals surface area contributed by atoms with E-state index in [0.29, 0.717) is 12.5 Å². The number of carbonyl (C=O) groups excluding carboxylic acids is 1. The number of benzene rings is 1. The van der Waals surface area contributed by atoms with Gasteiger partial charge in [-0.15, -0.1) is 11.3 Å². The summed E-state index contributed by atoms with van der Waals surface area (Å²) in [5, 5.41) is 14.2. The van der Waals surface area contributed by atoms with E-state index in [0.717, 1.165) is 28.8 Å². The van der Waals surface area contributed by atoms with E-state index in [4.69, 9.17) is 0 Å². The minimum absolute atomic E-state index is 0.0137. The number of hydrogen-bond donors (Lipinski definition) is 2. The Bertz CT molecular complexity index is 588. The predicted molar refractivity (Wildman–Crippen MR) is 80.8 cm³/mol. The second kappa shape index (κ2) is 5.77. The largest absolute Gasteiger partial charge is 0.393 e. The number of carbonyl (C=O) groups is 1. The van der Waals surface area contributed by atoms with E-state index >= 15 is 0 Å². The zero-order valence-corrected chi connectivity index (χ0v) is 11.9. The highest BCUT2D eigenvalue weighted by Gasteiger charge is 2.27. The number of aliphatic hydroxyl groups excluding tert-OH is 1. The van der Waals surface area contributed by atoms with Gasteiger partial charge in [-0.05, 0) is 35.8 Å². The van der Waals surface area contributed by atoms with Crippen molar-refractivity contribution >= 4 is 17.2 Å². The van der Waals surface area contributed by atoms with Crippen LogP contribution in [0, 0.1) is 5.92 Å². The lowest BCUT2D eigenvalue weighted by atomic mass is 9.82. The lowest BCUT2D eigenvalue weighted by molar-refractivity contribution is 0.0420. The molecule has 1 fully saturated rings. The first-order chi connectivity index (χ1) is 9.74. The average Bonchev–Trinajstić information content (AvgIpc) is 2.92. The topological polar surface area (TPSA) is 49.3 Å². The summed E-state index contributed by atoms with van der Waals surface area (Å²) in [6, 6.07) is 11.9. The third kappa shape index (κ3) is 2.76. The molecule has 20 heavy (non-hydrogen) atoms. The van der Waals surface area contributed by atoms with Crippen LogP contribution in [-0.4, -0.2) is 23.7 Å². The van der Waals surface area contributed by atoms with Crippen LogP contribution >= 0.6 is 11.3 Å². The standard InChI is InChI=1S/C16H17NO2S/c18-13-8-11(9-13)10-17-16(19)15-14(6-7-20-15)12-4-2-1-3-5-12/h1-7,11,13,18H,8-10H2,(H,17,19). The molecule has 3 rings (SSSR count). The van der Waals surface area contributed by atoms with E-state index in [1.165, 1.54) is 11.3 Å². The van der Waals surface area contributed by atoms with Crippen molar-refractivity contribution in [3.63, 3.8) is 0 Å². The molecule has 0 aliphatic heterocycles. The molecular formula is C16H17NO2S. The van der Waals surface area contributed by atoms with Crippen LogP contribution in [0.4, 0.5) is 0 Å². The van der Waals surface area contributed by atoms with E-state index < -0.39 is 0 Å². The van der Waals surface area contributed by atoms with Crippen molar-refractivity contribution in [2.75, 3.05) is 6.54 Å². The molecule has 0 unspecified atom stereocenters. The fourth-order valence-electron chi connectivity index (χ4n) is 2.51. The molecule has 3 nitrogen and oxygen atoms in total. The molecule has 0 radical (unpaired) electrons. The van der Waals surface area contributed by atoms with Crippen LogP contribution in [0.1, 0.15) is 22.5 Å². The fourth-order valence-corrected chi connectivity index (χ4v) is 3.35. The maximum atomic E-state index is 12.3. The van der Waals surface area contributed by atoms with Crippen molar-refractivity contribution in [2.45, 2.75) is 18.9 Å². The molecule has 1 aliphatic carbocycles. The van der Waals surface area contributed by atoms with Gasteiger partial charge in [0.1, 0.15) is 0 Å². The number of hydrogen-bond acceptors (Lipinski definition) is 3. The zero-order chi connectivity index (χ0) is 13.9. The molecule has 104 valence electrons. The van der Waals surface area contributed by atoms with Gasteiger partial charge in [0, 0.05) is 12.1 Å². The van der Waals surface area contributed by atoms with Crippen molar-refractivity contribution in [1.29, 1.82) is 0 Å². The summed E-state index contributed by atoms with van der Waals surface area (Å²) in [5.74, 6) is 0.411. The van der Waals surface area contributed by atoms with Gasteiger partial charge in [-0.25, -0.2) is 0 Å². The summed E-state index contributed by atoms with van der Waals surface area (Å²) >= 11 is 1.47. The molecule has 1 aliphatic rings. The molecule has 1 aromatic carbocycles. The van der Waals surface area contributed by atoms with Crippen molar-refractivity contribution in [1.82, 2.24) is 5.32 Å². The summed E-state index contributed by atoms with van der Waals surface area (Å²) in [4.78, 5) is 13.0. The van der Waals surface area contributed by atoms with Crippen molar-refractivity contribution in [3.05, 3.63) is 46.7 Å². The van der Waals surface area contributed by atoms with E-state index in [1.807, 2.05) is 41.8 Å². The molecule has 0 atom stereocenters. The Morgan fingerprint density at radius 3 is 2.70 bits per heavy atom. The summed E-state index contributed by atoms with van der Waals surface area (Å²) in [5.41, 5.74) is 2.06. The second-order valence-corrected chi connectivity index (χ2v) is 6.15. The third-order valence-corrected chi connectivity index (χ3v) is 4.63. The number of nitrogens with one attached hydrogen (secondary N) is 1. The van der Waals surface area contributed by atoms with Crippen LogP contribution in [0.25, 0.3) is 11.1 Å². The fraction of sp³-hybridized carbons (Fsp3) is 0.312. The van der Waals surface area contributed by atoms with Crippen molar-refractivity contribution in [2.24, 2.45) is 5.92 Å². The summed E-state index contributed by atoms with van der Waals surface area (Å²) in [6.07, 6.45) is 1.44. The number of rotatable bonds is 4. The van der Waals surface area contributed by atoms with Gasteiger partial charge in [0.05, 0.1) is 11.0 Å². The second-order valence-electron chi connectivity index (χ2n) is 5.23. The van der Waals surface area contributed by atoms with E-state index in [1.54, 1.807) is 0 Å². The summed E-state index contributed by atoms with van der Waals surface area (Å²) in [6.45, 7) is 0.655. The minimum atomic E-state index is -0.168. The Morgan fingerprint density at radius 2 is 2.00 bits per heavy atom. The average molecular weight is 287 g/mol.